The summed E-state index contributed by atoms with van der Waals surface area (Å²) in [5.74, 6) is -0.851. The first-order valence-electron chi connectivity index (χ1n) is 21.9. The Labute approximate surface area is 364 Å². The summed E-state index contributed by atoms with van der Waals surface area (Å²) in [6.07, 6.45) is 8.56. The van der Waals surface area contributed by atoms with Gasteiger partial charge in [0, 0.05) is 55.8 Å². The molecule has 7 rings (SSSR count). The van der Waals surface area contributed by atoms with Crippen LogP contribution in [0.2, 0.25) is 0 Å². The van der Waals surface area contributed by atoms with Gasteiger partial charge in [-0.1, -0.05) is 31.1 Å². The fourth-order valence-corrected chi connectivity index (χ4v) is 13.0. The smallest absolute Gasteiger partial charge is 0.407 e. The Morgan fingerprint density at radius 2 is 1.66 bits per heavy atom. The summed E-state index contributed by atoms with van der Waals surface area (Å²) in [6.45, 7) is 4.21. The molecule has 1 aliphatic carbocycles. The molecule has 0 bridgehead atoms. The maximum absolute atomic E-state index is 16.4. The molecule has 4 atom stereocenters. The first kappa shape index (κ1) is 46.1. The van der Waals surface area contributed by atoms with Crippen LogP contribution < -0.4 is 15.5 Å². The number of alkyl halides is 1. The Hall–Kier alpha value is -3.87. The summed E-state index contributed by atoms with van der Waals surface area (Å²) in [5.41, 5.74) is -0.981. The molecule has 4 saturated heterocycles. The number of hydrogen-bond acceptors (Lipinski definition) is 10. The Bertz CT molecular complexity index is 2180. The lowest BCUT2D eigenvalue weighted by Gasteiger charge is -2.54. The standard InChI is InChI=1S/C44H61F3N6O7S2/c1-60-42(55)49-39-13-6-12-37(39)44(31-50-19-8-20-50,33-9-5-10-34(45)25-33)32-16-22-51(23-17-32)28-43(47)29-53(30-43)40-15-14-35(26-38(40)46)62(58,59)36-11-3-4-21-52(27-36)41(54)48-18-7-24-61(2,56)57/h5,7,9-10,14-15,24-26,32,36-37,39H,3-4,6,8,11-13,16-23,27-31H2,1-2H3,(H,48,54)(H,49,55)/b24-7+/t36-,37+,39+,44?/m1/s1. The van der Waals surface area contributed by atoms with Crippen molar-refractivity contribution in [1.29, 1.82) is 0 Å². The second kappa shape index (κ2) is 19.1. The fourth-order valence-electron chi connectivity index (χ4n) is 10.8. The zero-order chi connectivity index (χ0) is 44.3. The lowest BCUT2D eigenvalue weighted by atomic mass is 9.57. The summed E-state index contributed by atoms with van der Waals surface area (Å²) in [4.78, 5) is 32.7. The summed E-state index contributed by atoms with van der Waals surface area (Å²) < 4.78 is 102. The van der Waals surface area contributed by atoms with Gasteiger partial charge in [-0.3, -0.25) is 4.90 Å². The van der Waals surface area contributed by atoms with Crippen molar-refractivity contribution in [3.05, 3.63) is 71.1 Å². The lowest BCUT2D eigenvalue weighted by molar-refractivity contribution is 0.00575. The number of rotatable bonds is 14. The van der Waals surface area contributed by atoms with E-state index in [4.69, 9.17) is 4.74 Å². The van der Waals surface area contributed by atoms with Gasteiger partial charge in [0.25, 0.3) is 0 Å². The highest BCUT2D eigenvalue weighted by Gasteiger charge is 2.54. The average Bonchev–Trinajstić information content (AvgIpc) is 3.51. The highest BCUT2D eigenvalue weighted by molar-refractivity contribution is 7.93. The third-order valence-corrected chi connectivity index (χ3v) is 16.8. The molecule has 4 heterocycles. The predicted octanol–water partition coefficient (Wildman–Crippen LogP) is 5.27. The van der Waals surface area contributed by atoms with Crippen molar-refractivity contribution >= 4 is 37.5 Å². The Balaban J connectivity index is 0.983. The maximum atomic E-state index is 16.4. The number of carbonyl (C=O) groups excluding carboxylic acids is 2. The van der Waals surface area contributed by atoms with Crippen molar-refractivity contribution in [3.63, 3.8) is 0 Å². The van der Waals surface area contributed by atoms with Gasteiger partial charge in [0.2, 0.25) is 0 Å². The van der Waals surface area contributed by atoms with Gasteiger partial charge in [-0.05, 0) is 119 Å². The fraction of sp³-hybridized carbons (Fsp3) is 0.636. The zero-order valence-electron chi connectivity index (χ0n) is 35.7. The normalized spacial score (nSPS) is 25.1. The maximum Gasteiger partial charge on any atom is 0.407 e. The number of nitrogens with zero attached hydrogens (tertiary/aromatic N) is 4. The van der Waals surface area contributed by atoms with E-state index in [1.807, 2.05) is 6.07 Å². The highest BCUT2D eigenvalue weighted by Crippen LogP contribution is 2.52. The molecule has 2 N–H and O–H groups in total. The summed E-state index contributed by atoms with van der Waals surface area (Å²) in [7, 11) is -6.04. The first-order chi connectivity index (χ1) is 29.5. The first-order valence-corrected chi connectivity index (χ1v) is 25.4. The van der Waals surface area contributed by atoms with E-state index in [1.165, 1.54) is 36.3 Å². The molecule has 5 aliphatic rings. The number of urea groups is 1. The van der Waals surface area contributed by atoms with Crippen LogP contribution in [0.3, 0.4) is 0 Å². The molecule has 3 amide bonds. The van der Waals surface area contributed by atoms with E-state index in [1.54, 1.807) is 17.0 Å². The number of sulfone groups is 2. The molecule has 0 spiro atoms. The molecule has 2 aromatic rings. The minimum absolute atomic E-state index is 0.0427. The monoisotopic (exact) mass is 906 g/mol. The number of benzene rings is 2. The minimum Gasteiger partial charge on any atom is -0.453 e. The van der Waals surface area contributed by atoms with Gasteiger partial charge in [-0.25, -0.2) is 39.6 Å². The summed E-state index contributed by atoms with van der Waals surface area (Å²) >= 11 is 0. The van der Waals surface area contributed by atoms with Gasteiger partial charge in [0.05, 0.1) is 36.0 Å². The molecular formula is C44H61F3N6O7S2. The molecule has 13 nitrogen and oxygen atoms in total. The van der Waals surface area contributed by atoms with Crippen LogP contribution in [0.15, 0.2) is 58.8 Å². The van der Waals surface area contributed by atoms with E-state index in [0.29, 0.717) is 32.5 Å². The van der Waals surface area contributed by atoms with Crippen LogP contribution in [0.5, 0.6) is 0 Å². The highest BCUT2D eigenvalue weighted by atomic mass is 32.2. The molecule has 62 heavy (non-hydrogen) atoms. The Morgan fingerprint density at radius 1 is 0.903 bits per heavy atom. The van der Waals surface area contributed by atoms with Crippen LogP contribution in [0.4, 0.5) is 28.4 Å². The van der Waals surface area contributed by atoms with Gasteiger partial charge < -0.3 is 30.1 Å². The molecule has 0 radical (unpaired) electrons. The Kier molecular flexibility index (Phi) is 14.2. The number of methoxy groups -OCH3 is 1. The van der Waals surface area contributed by atoms with Crippen molar-refractivity contribution in [3.8, 4) is 0 Å². The molecule has 342 valence electrons. The molecule has 18 heteroatoms. The summed E-state index contributed by atoms with van der Waals surface area (Å²) in [5, 5.41) is 5.72. The van der Waals surface area contributed by atoms with Crippen molar-refractivity contribution in [1.82, 2.24) is 25.3 Å². The van der Waals surface area contributed by atoms with Gasteiger partial charge >= 0.3 is 12.1 Å². The predicted molar refractivity (Wildman–Crippen MR) is 231 cm³/mol. The zero-order valence-corrected chi connectivity index (χ0v) is 37.4. The number of piperidine rings is 1. The van der Waals surface area contributed by atoms with Crippen molar-refractivity contribution in [2.75, 3.05) is 90.3 Å². The van der Waals surface area contributed by atoms with Gasteiger partial charge in [-0.2, -0.15) is 0 Å². The lowest BCUT2D eigenvalue weighted by Crippen LogP contribution is -2.65. The Morgan fingerprint density at radius 3 is 2.32 bits per heavy atom. The number of amides is 3. The topological polar surface area (TPSA) is 149 Å². The molecule has 1 saturated carbocycles. The van der Waals surface area contributed by atoms with Gasteiger partial charge in [0.1, 0.15) is 11.6 Å². The van der Waals surface area contributed by atoms with E-state index >= 15 is 13.2 Å². The molecule has 5 fully saturated rings. The van der Waals surface area contributed by atoms with Crippen LogP contribution in [-0.2, 0) is 29.8 Å². The van der Waals surface area contributed by atoms with Crippen molar-refractivity contribution in [2.45, 2.75) is 85.1 Å². The number of nitrogens with one attached hydrogen (secondary N) is 2. The number of halogens is 3. The van der Waals surface area contributed by atoms with Crippen LogP contribution in [-0.4, -0.2) is 146 Å². The number of anilines is 1. The van der Waals surface area contributed by atoms with Crippen LogP contribution in [0.1, 0.15) is 63.4 Å². The second-order valence-electron chi connectivity index (χ2n) is 18.1. The van der Waals surface area contributed by atoms with E-state index in [9.17, 15) is 26.4 Å². The number of carbonyl (C=O) groups is 2. The average molecular weight is 907 g/mol. The molecule has 4 aliphatic heterocycles. The third kappa shape index (κ3) is 10.4. The van der Waals surface area contributed by atoms with Gasteiger partial charge in [-0.15, -0.1) is 0 Å². The molecule has 2 aromatic carbocycles. The number of likely N-dealkylation sites (tertiary alicyclic amines) is 3. The minimum atomic E-state index is -4.05. The summed E-state index contributed by atoms with van der Waals surface area (Å²) in [6, 6.07) is 10.0. The number of alkyl carbamates (subject to hydrolysis) is 1. The van der Waals surface area contributed by atoms with E-state index in [-0.39, 0.29) is 73.4 Å². The second-order valence-corrected chi connectivity index (χ2v) is 22.3. The van der Waals surface area contributed by atoms with Crippen molar-refractivity contribution < 1.29 is 44.3 Å². The van der Waals surface area contributed by atoms with Crippen LogP contribution in [0, 0.1) is 23.5 Å². The van der Waals surface area contributed by atoms with E-state index < -0.39 is 53.9 Å². The number of ether oxygens (including phenoxy) is 1. The molecule has 0 aromatic heterocycles. The SMILES string of the molecule is COC(=O)N[C@H]1CCC[C@@H]1C(CN1CCC1)(c1cccc(F)c1)C1CCN(CC2(F)CN(c3ccc(S(=O)(=O)[C@@H]4CCCCN(C(=O)NC/C=C/S(C)(=O)=O)C4)cc3F)C2)CC1. The van der Waals surface area contributed by atoms with E-state index in [2.05, 4.69) is 20.4 Å². The quantitative estimate of drug-likeness (QED) is 0.257. The number of hydrogen-bond donors (Lipinski definition) is 2. The largest absolute Gasteiger partial charge is 0.453 e. The van der Waals surface area contributed by atoms with Crippen molar-refractivity contribution in [2.24, 2.45) is 11.8 Å². The third-order valence-electron chi connectivity index (χ3n) is 13.9. The molecule has 1 unspecified atom stereocenters. The van der Waals surface area contributed by atoms with Gasteiger partial charge in [0.15, 0.2) is 25.3 Å². The van der Waals surface area contributed by atoms with E-state index in [0.717, 1.165) is 81.5 Å². The van der Waals surface area contributed by atoms with Crippen LogP contribution in [0.25, 0.3) is 0 Å². The molecular weight excluding hydrogens is 846 g/mol. The van der Waals surface area contributed by atoms with Crippen LogP contribution >= 0.6 is 0 Å².